The molecule has 0 bridgehead atoms. The zero-order chi connectivity index (χ0) is 25.3. The van der Waals surface area contributed by atoms with Crippen molar-refractivity contribution in [2.45, 2.75) is 62.4 Å². The molecular weight excluding hydrogens is 444 g/mol. The van der Waals surface area contributed by atoms with Gasteiger partial charge in [0.2, 0.25) is 11.8 Å². The van der Waals surface area contributed by atoms with Crippen LogP contribution in [-0.4, -0.2) is 83.8 Å². The van der Waals surface area contributed by atoms with E-state index < -0.39 is 17.7 Å². The van der Waals surface area contributed by atoms with Crippen molar-refractivity contribution in [3.63, 3.8) is 0 Å². The minimum atomic E-state index is -0.955. The molecule has 190 valence electrons. The Kier molecular flexibility index (Phi) is 7.21. The predicted octanol–water partition coefficient (Wildman–Crippen LogP) is 0.945. The van der Waals surface area contributed by atoms with Gasteiger partial charge in [0, 0.05) is 24.2 Å². The average Bonchev–Trinajstić information content (AvgIpc) is 3.06. The van der Waals surface area contributed by atoms with Gasteiger partial charge in [-0.15, -0.1) is 0 Å². The van der Waals surface area contributed by atoms with Gasteiger partial charge in [-0.3, -0.25) is 24.3 Å². The van der Waals surface area contributed by atoms with Gasteiger partial charge in [0.25, 0.3) is 0 Å². The first-order chi connectivity index (χ1) is 16.7. The van der Waals surface area contributed by atoms with Crippen molar-refractivity contribution < 1.29 is 14.7 Å². The molecule has 4 rings (SSSR count). The second kappa shape index (κ2) is 9.86. The molecule has 1 aliphatic heterocycles. The highest BCUT2D eigenvalue weighted by atomic mass is 16.3. The summed E-state index contributed by atoms with van der Waals surface area (Å²) in [6.45, 7) is 0.795. The van der Waals surface area contributed by atoms with Crippen LogP contribution in [0, 0.1) is 16.7 Å². The minimum Gasteiger partial charge on any atom is -0.368 e. The highest BCUT2D eigenvalue weighted by Crippen LogP contribution is 2.51. The molecule has 2 aliphatic carbocycles. The lowest BCUT2D eigenvalue weighted by Crippen LogP contribution is -2.58. The Morgan fingerprint density at radius 3 is 2.34 bits per heavy atom. The number of aliphatic hydroxyl groups excluding tert-OH is 1. The van der Waals surface area contributed by atoms with E-state index in [9.17, 15) is 20.0 Å². The van der Waals surface area contributed by atoms with Gasteiger partial charge in [0.1, 0.15) is 0 Å². The van der Waals surface area contributed by atoms with E-state index in [0.717, 1.165) is 44.9 Å². The lowest BCUT2D eigenvalue weighted by Gasteiger charge is -2.53. The Balaban J connectivity index is 1.57. The van der Waals surface area contributed by atoms with Crippen molar-refractivity contribution in [1.29, 1.82) is 5.26 Å². The first-order valence-corrected chi connectivity index (χ1v) is 12.5. The third-order valence-corrected chi connectivity index (χ3v) is 8.71. The first-order valence-electron chi connectivity index (χ1n) is 12.5. The molecule has 1 atom stereocenters. The number of nitriles is 1. The Morgan fingerprint density at radius 1 is 1.17 bits per heavy atom. The molecule has 1 heterocycles. The number of aliphatic hydroxyl groups is 1. The molecule has 1 unspecified atom stereocenters. The molecule has 0 radical (unpaired) electrons. The third kappa shape index (κ3) is 4.81. The molecule has 2 saturated carbocycles. The second-order valence-corrected chi connectivity index (χ2v) is 10.9. The van der Waals surface area contributed by atoms with Crippen LogP contribution in [0.25, 0.3) is 0 Å². The molecule has 9 heteroatoms. The van der Waals surface area contributed by atoms with E-state index in [4.69, 9.17) is 5.73 Å². The van der Waals surface area contributed by atoms with Crippen LogP contribution in [0.4, 0.5) is 0 Å². The molecule has 1 saturated heterocycles. The number of primary amides is 1. The molecular formula is C26H38N6O3. The molecule has 1 aromatic rings. The molecule has 0 aromatic heterocycles. The van der Waals surface area contributed by atoms with Crippen LogP contribution in [0.1, 0.15) is 50.5 Å². The molecule has 9 nitrogen and oxygen atoms in total. The summed E-state index contributed by atoms with van der Waals surface area (Å²) >= 11 is 0. The Morgan fingerprint density at radius 2 is 1.83 bits per heavy atom. The fourth-order valence-electron chi connectivity index (χ4n) is 6.36. The number of carbonyl (C=O) groups excluding carboxylic acids is 2. The van der Waals surface area contributed by atoms with Crippen LogP contribution < -0.4 is 11.1 Å². The van der Waals surface area contributed by atoms with E-state index >= 15 is 0 Å². The van der Waals surface area contributed by atoms with Crippen LogP contribution in [0.15, 0.2) is 30.3 Å². The Labute approximate surface area is 207 Å². The number of carbonyl (C=O) groups is 2. The zero-order valence-electron chi connectivity index (χ0n) is 20.9. The number of benzene rings is 1. The Hall–Kier alpha value is -2.51. The molecule has 2 amide bonds. The van der Waals surface area contributed by atoms with Crippen LogP contribution in [0.3, 0.4) is 0 Å². The maximum atomic E-state index is 12.5. The van der Waals surface area contributed by atoms with Crippen molar-refractivity contribution >= 4 is 11.8 Å². The largest absolute Gasteiger partial charge is 0.368 e. The van der Waals surface area contributed by atoms with Gasteiger partial charge in [0.05, 0.1) is 24.6 Å². The topological polar surface area (TPSA) is 126 Å². The van der Waals surface area contributed by atoms with Crippen LogP contribution in [0.5, 0.6) is 0 Å². The van der Waals surface area contributed by atoms with Gasteiger partial charge < -0.3 is 16.2 Å². The molecule has 3 fully saturated rings. The third-order valence-electron chi connectivity index (χ3n) is 8.71. The number of hydrogen-bond donors (Lipinski definition) is 3. The summed E-state index contributed by atoms with van der Waals surface area (Å²) in [6.07, 6.45) is 5.27. The number of amides is 2. The molecule has 1 spiro atoms. The monoisotopic (exact) mass is 482 g/mol. The standard InChI is InChI=1S/C26H38N6O3/c1-30(2)26(20-7-4-3-5-8-20)13-11-25(12-14-26)19-31(16-22(34)29-15-21(28)33)23(35)32(25)18-24(17-27)9-6-10-24/h3-5,7-8,23,35H,6,9-16,18-19H2,1-2H3,(H2,28,33)(H,29,34)/t23?,25-,26+. The number of nitrogens with two attached hydrogens (primary N) is 1. The van der Waals surface area contributed by atoms with Crippen LogP contribution in [0.2, 0.25) is 0 Å². The summed E-state index contributed by atoms with van der Waals surface area (Å²) in [5, 5.41) is 23.8. The van der Waals surface area contributed by atoms with Crippen LogP contribution in [-0.2, 0) is 15.1 Å². The van der Waals surface area contributed by atoms with Crippen molar-refractivity contribution in [2.24, 2.45) is 11.1 Å². The van der Waals surface area contributed by atoms with E-state index in [1.807, 2.05) is 6.07 Å². The quantitative estimate of drug-likeness (QED) is 0.504. The van der Waals surface area contributed by atoms with E-state index in [1.165, 1.54) is 5.56 Å². The molecule has 3 aliphatic rings. The highest BCUT2D eigenvalue weighted by molar-refractivity contribution is 5.84. The van der Waals surface area contributed by atoms with Crippen molar-refractivity contribution in [3.8, 4) is 6.07 Å². The first kappa shape index (κ1) is 25.6. The summed E-state index contributed by atoms with van der Waals surface area (Å²) in [5.74, 6) is -0.950. The van der Waals surface area contributed by atoms with Crippen LogP contribution >= 0.6 is 0 Å². The van der Waals surface area contributed by atoms with Gasteiger partial charge in [-0.2, -0.15) is 5.26 Å². The summed E-state index contributed by atoms with van der Waals surface area (Å²) < 4.78 is 0. The zero-order valence-corrected chi connectivity index (χ0v) is 20.9. The number of hydrogen-bond acceptors (Lipinski definition) is 7. The SMILES string of the molecule is CN(C)[C@]1(c2ccccc2)CC[C@]2(CC1)CN(CC(=O)NCC(N)=O)C(O)N2CC1(C#N)CCC1. The lowest BCUT2D eigenvalue weighted by atomic mass is 9.66. The molecule has 35 heavy (non-hydrogen) atoms. The summed E-state index contributed by atoms with van der Waals surface area (Å²) in [6, 6.07) is 13.1. The molecule has 4 N–H and O–H groups in total. The van der Waals surface area contributed by atoms with Gasteiger partial charge in [-0.25, -0.2) is 0 Å². The highest BCUT2D eigenvalue weighted by Gasteiger charge is 2.57. The fourth-order valence-corrected chi connectivity index (χ4v) is 6.36. The van der Waals surface area contributed by atoms with E-state index in [1.54, 1.807) is 4.90 Å². The maximum absolute atomic E-state index is 12.5. The van der Waals surface area contributed by atoms with Gasteiger partial charge in [-0.05, 0) is 58.2 Å². The summed E-state index contributed by atoms with van der Waals surface area (Å²) in [4.78, 5) is 29.7. The minimum absolute atomic E-state index is 0.0240. The second-order valence-electron chi connectivity index (χ2n) is 10.9. The summed E-state index contributed by atoms with van der Waals surface area (Å²) in [7, 11) is 4.25. The average molecular weight is 483 g/mol. The fraction of sp³-hybridized carbons (Fsp3) is 0.654. The maximum Gasteiger partial charge on any atom is 0.236 e. The van der Waals surface area contributed by atoms with E-state index in [0.29, 0.717) is 13.1 Å². The number of nitrogens with one attached hydrogen (secondary N) is 1. The molecule has 1 aromatic carbocycles. The summed E-state index contributed by atoms with van der Waals surface area (Å²) in [5.41, 5.74) is 5.59. The number of nitrogens with zero attached hydrogens (tertiary/aromatic N) is 4. The van der Waals surface area contributed by atoms with Crippen molar-refractivity contribution in [1.82, 2.24) is 20.0 Å². The lowest BCUT2D eigenvalue weighted by molar-refractivity contribution is -0.132. The van der Waals surface area contributed by atoms with Crippen molar-refractivity contribution in [3.05, 3.63) is 35.9 Å². The van der Waals surface area contributed by atoms with Gasteiger partial charge in [0.15, 0.2) is 6.35 Å². The number of rotatable bonds is 8. The van der Waals surface area contributed by atoms with Gasteiger partial charge >= 0.3 is 0 Å². The van der Waals surface area contributed by atoms with Gasteiger partial charge in [-0.1, -0.05) is 36.8 Å². The van der Waals surface area contributed by atoms with E-state index in [-0.39, 0.29) is 30.1 Å². The smallest absolute Gasteiger partial charge is 0.236 e. The Bertz CT molecular complexity index is 963. The van der Waals surface area contributed by atoms with Crippen molar-refractivity contribution in [2.75, 3.05) is 40.3 Å². The predicted molar refractivity (Wildman–Crippen MR) is 131 cm³/mol. The van der Waals surface area contributed by atoms with E-state index in [2.05, 4.69) is 59.5 Å². The normalized spacial score (nSPS) is 30.7.